The summed E-state index contributed by atoms with van der Waals surface area (Å²) >= 11 is 3.52. The smallest absolute Gasteiger partial charge is 0.127 e. The van der Waals surface area contributed by atoms with E-state index in [1.165, 1.54) is 5.56 Å². The number of hydrogen-bond donors (Lipinski definition) is 0. The van der Waals surface area contributed by atoms with Gasteiger partial charge in [0.1, 0.15) is 5.82 Å². The highest BCUT2D eigenvalue weighted by atomic mass is 79.9. The zero-order chi connectivity index (χ0) is 15.4. The summed E-state index contributed by atoms with van der Waals surface area (Å²) in [4.78, 5) is 4.79. The van der Waals surface area contributed by atoms with E-state index in [4.69, 9.17) is 0 Å². The monoisotopic (exact) mass is 362 g/mol. The number of rotatable bonds is 4. The molecule has 1 heterocycles. The Labute approximate surface area is 139 Å². The van der Waals surface area contributed by atoms with Crippen LogP contribution in [0.4, 0.5) is 4.39 Å². The second-order valence-electron chi connectivity index (χ2n) is 5.77. The third-order valence-corrected chi connectivity index (χ3v) is 4.61. The summed E-state index contributed by atoms with van der Waals surface area (Å²) < 4.78 is 14.8. The van der Waals surface area contributed by atoms with E-state index in [0.29, 0.717) is 6.54 Å². The van der Waals surface area contributed by atoms with Crippen molar-refractivity contribution in [2.24, 2.45) is 0 Å². The van der Waals surface area contributed by atoms with Crippen molar-refractivity contribution in [1.29, 1.82) is 0 Å². The van der Waals surface area contributed by atoms with Gasteiger partial charge in [-0.3, -0.25) is 9.80 Å². The van der Waals surface area contributed by atoms with Gasteiger partial charge in [-0.1, -0.05) is 46.3 Å². The molecule has 1 aliphatic rings. The average molecular weight is 363 g/mol. The number of benzene rings is 2. The topological polar surface area (TPSA) is 6.48 Å². The van der Waals surface area contributed by atoms with Crippen molar-refractivity contribution < 1.29 is 4.39 Å². The first-order valence-electron chi connectivity index (χ1n) is 7.63. The molecular formula is C18H20BrFN2. The minimum atomic E-state index is -0.0981. The lowest BCUT2D eigenvalue weighted by Crippen LogP contribution is -2.45. The van der Waals surface area contributed by atoms with Crippen molar-refractivity contribution in [2.45, 2.75) is 13.1 Å². The predicted molar refractivity (Wildman–Crippen MR) is 91.1 cm³/mol. The highest BCUT2D eigenvalue weighted by Gasteiger charge is 2.18. The Morgan fingerprint density at radius 3 is 2.23 bits per heavy atom. The van der Waals surface area contributed by atoms with Crippen LogP contribution in [-0.2, 0) is 13.1 Å². The van der Waals surface area contributed by atoms with Crippen molar-refractivity contribution >= 4 is 15.9 Å². The number of hydrogen-bond acceptors (Lipinski definition) is 2. The Morgan fingerprint density at radius 2 is 1.55 bits per heavy atom. The molecule has 22 heavy (non-hydrogen) atoms. The molecule has 0 bridgehead atoms. The van der Waals surface area contributed by atoms with Crippen LogP contribution in [-0.4, -0.2) is 36.0 Å². The van der Waals surface area contributed by atoms with E-state index in [2.05, 4.69) is 50.0 Å². The highest BCUT2D eigenvalue weighted by molar-refractivity contribution is 9.10. The molecule has 0 saturated carbocycles. The Morgan fingerprint density at radius 1 is 0.864 bits per heavy atom. The molecule has 0 radical (unpaired) electrons. The van der Waals surface area contributed by atoms with Crippen molar-refractivity contribution in [1.82, 2.24) is 9.80 Å². The molecule has 0 unspecified atom stereocenters. The molecule has 4 heteroatoms. The van der Waals surface area contributed by atoms with Gasteiger partial charge in [0.15, 0.2) is 0 Å². The lowest BCUT2D eigenvalue weighted by Gasteiger charge is -2.34. The van der Waals surface area contributed by atoms with E-state index in [9.17, 15) is 4.39 Å². The second-order valence-corrected chi connectivity index (χ2v) is 6.69. The first-order chi connectivity index (χ1) is 10.7. The molecule has 1 aliphatic heterocycles. The molecule has 2 aromatic rings. The molecule has 0 aromatic heterocycles. The fourth-order valence-corrected chi connectivity index (χ4v) is 3.31. The van der Waals surface area contributed by atoms with Gasteiger partial charge in [0.25, 0.3) is 0 Å². The van der Waals surface area contributed by atoms with Crippen LogP contribution in [0.15, 0.2) is 53.0 Å². The summed E-state index contributed by atoms with van der Waals surface area (Å²) in [5.41, 5.74) is 2.12. The van der Waals surface area contributed by atoms with Gasteiger partial charge in [-0.2, -0.15) is 0 Å². The Hall–Kier alpha value is -1.23. The molecule has 3 rings (SSSR count). The molecule has 1 fully saturated rings. The number of piperazine rings is 1. The number of halogens is 2. The highest BCUT2D eigenvalue weighted by Crippen LogP contribution is 2.16. The van der Waals surface area contributed by atoms with Crippen LogP contribution in [0, 0.1) is 5.82 Å². The second kappa shape index (κ2) is 7.36. The minimum absolute atomic E-state index is 0.0981. The molecule has 1 saturated heterocycles. The van der Waals surface area contributed by atoms with Gasteiger partial charge in [0.05, 0.1) is 0 Å². The van der Waals surface area contributed by atoms with E-state index in [-0.39, 0.29) is 5.82 Å². The molecule has 0 aliphatic carbocycles. The maximum absolute atomic E-state index is 13.7. The van der Waals surface area contributed by atoms with Crippen LogP contribution in [0.3, 0.4) is 0 Å². The summed E-state index contributed by atoms with van der Waals surface area (Å²) in [6, 6.07) is 15.5. The van der Waals surface area contributed by atoms with Crippen LogP contribution in [0.25, 0.3) is 0 Å². The van der Waals surface area contributed by atoms with Gasteiger partial charge in [0, 0.05) is 49.3 Å². The van der Waals surface area contributed by atoms with Gasteiger partial charge < -0.3 is 0 Å². The summed E-state index contributed by atoms with van der Waals surface area (Å²) in [6.45, 7) is 5.72. The van der Waals surface area contributed by atoms with E-state index >= 15 is 0 Å². The summed E-state index contributed by atoms with van der Waals surface area (Å²) in [7, 11) is 0. The molecule has 116 valence electrons. The molecule has 2 aromatic carbocycles. The SMILES string of the molecule is Fc1ccccc1CN1CCN(Cc2cccc(Br)c2)CC1. The van der Waals surface area contributed by atoms with Crippen LogP contribution >= 0.6 is 15.9 Å². The lowest BCUT2D eigenvalue weighted by molar-refractivity contribution is 0.121. The summed E-state index contributed by atoms with van der Waals surface area (Å²) in [6.07, 6.45) is 0. The quantitative estimate of drug-likeness (QED) is 0.813. The van der Waals surface area contributed by atoms with Crippen LogP contribution < -0.4 is 0 Å². The van der Waals surface area contributed by atoms with Crippen molar-refractivity contribution in [3.05, 3.63) is 69.9 Å². The fraction of sp³-hybridized carbons (Fsp3) is 0.333. The van der Waals surface area contributed by atoms with E-state index in [1.54, 1.807) is 12.1 Å². The van der Waals surface area contributed by atoms with Crippen LogP contribution in [0.1, 0.15) is 11.1 Å². The van der Waals surface area contributed by atoms with Gasteiger partial charge in [-0.05, 0) is 23.8 Å². The van der Waals surface area contributed by atoms with E-state index in [1.807, 2.05) is 12.1 Å². The maximum atomic E-state index is 13.7. The summed E-state index contributed by atoms with van der Waals surface area (Å²) in [5, 5.41) is 0. The Kier molecular flexibility index (Phi) is 5.24. The first kappa shape index (κ1) is 15.7. The normalized spacial score (nSPS) is 16.8. The zero-order valence-corrected chi connectivity index (χ0v) is 14.1. The molecular weight excluding hydrogens is 343 g/mol. The average Bonchev–Trinajstić information content (AvgIpc) is 2.52. The minimum Gasteiger partial charge on any atom is -0.297 e. The van der Waals surface area contributed by atoms with Crippen molar-refractivity contribution in [3.8, 4) is 0 Å². The third kappa shape index (κ3) is 4.15. The zero-order valence-electron chi connectivity index (χ0n) is 12.5. The fourth-order valence-electron chi connectivity index (χ4n) is 2.87. The lowest BCUT2D eigenvalue weighted by atomic mass is 10.1. The predicted octanol–water partition coefficient (Wildman–Crippen LogP) is 3.91. The van der Waals surface area contributed by atoms with E-state index < -0.39 is 0 Å². The van der Waals surface area contributed by atoms with Crippen molar-refractivity contribution in [2.75, 3.05) is 26.2 Å². The molecule has 0 spiro atoms. The van der Waals surface area contributed by atoms with Gasteiger partial charge in [-0.25, -0.2) is 4.39 Å². The Bertz CT molecular complexity index is 624. The molecule has 2 nitrogen and oxygen atoms in total. The third-order valence-electron chi connectivity index (χ3n) is 4.11. The van der Waals surface area contributed by atoms with Crippen LogP contribution in [0.5, 0.6) is 0 Å². The van der Waals surface area contributed by atoms with Crippen molar-refractivity contribution in [3.63, 3.8) is 0 Å². The molecule has 0 N–H and O–H groups in total. The first-order valence-corrected chi connectivity index (χ1v) is 8.42. The van der Waals surface area contributed by atoms with Gasteiger partial charge in [0.2, 0.25) is 0 Å². The summed E-state index contributed by atoms with van der Waals surface area (Å²) in [5.74, 6) is -0.0981. The standard InChI is InChI=1S/C18H20BrFN2/c19-17-6-3-4-15(12-17)13-21-8-10-22(11-9-21)14-16-5-1-2-7-18(16)20/h1-7,12H,8-11,13-14H2. The van der Waals surface area contributed by atoms with E-state index in [0.717, 1.165) is 42.8 Å². The Balaban J connectivity index is 1.51. The van der Waals surface area contributed by atoms with Crippen LogP contribution in [0.2, 0.25) is 0 Å². The number of nitrogens with zero attached hydrogens (tertiary/aromatic N) is 2. The molecule has 0 amide bonds. The van der Waals surface area contributed by atoms with Gasteiger partial charge >= 0.3 is 0 Å². The largest absolute Gasteiger partial charge is 0.297 e. The maximum Gasteiger partial charge on any atom is 0.127 e. The molecule has 0 atom stereocenters. The van der Waals surface area contributed by atoms with Gasteiger partial charge in [-0.15, -0.1) is 0 Å².